The third-order valence-electron chi connectivity index (χ3n) is 3.22. The van der Waals surface area contributed by atoms with Crippen molar-refractivity contribution >= 4 is 5.91 Å². The third kappa shape index (κ3) is 5.28. The molecule has 0 fully saturated rings. The summed E-state index contributed by atoms with van der Waals surface area (Å²) in [6.07, 6.45) is 0. The van der Waals surface area contributed by atoms with Crippen LogP contribution >= 0.6 is 0 Å². The van der Waals surface area contributed by atoms with Gasteiger partial charge in [-0.15, -0.1) is 0 Å². The van der Waals surface area contributed by atoms with E-state index in [2.05, 4.69) is 10.6 Å². The topological polar surface area (TPSA) is 81.6 Å². The maximum absolute atomic E-state index is 11.8. The van der Waals surface area contributed by atoms with E-state index in [1.807, 2.05) is 19.1 Å². The molecule has 0 aliphatic carbocycles. The molecule has 0 aromatic heterocycles. The first-order valence-electron chi connectivity index (χ1n) is 6.78. The zero-order valence-electron chi connectivity index (χ0n) is 12.1. The lowest BCUT2D eigenvalue weighted by molar-refractivity contribution is 0.0698. The quantitative estimate of drug-likeness (QED) is 0.516. The van der Waals surface area contributed by atoms with E-state index >= 15 is 0 Å². The Hall–Kier alpha value is -1.43. The van der Waals surface area contributed by atoms with Crippen molar-refractivity contribution in [3.05, 3.63) is 35.4 Å². The second kappa shape index (κ2) is 7.99. The summed E-state index contributed by atoms with van der Waals surface area (Å²) in [5.74, 6) is -0.0983. The predicted octanol–water partition coefficient (Wildman–Crippen LogP) is 0.305. The minimum atomic E-state index is -0.527. The average Bonchev–Trinajstić information content (AvgIpc) is 2.47. The lowest BCUT2D eigenvalue weighted by Gasteiger charge is -2.24. The molecule has 0 bridgehead atoms. The van der Waals surface area contributed by atoms with Crippen LogP contribution in [0.3, 0.4) is 0 Å². The highest BCUT2D eigenvalue weighted by Gasteiger charge is 2.21. The molecule has 0 saturated carbocycles. The Morgan fingerprint density at radius 3 is 2.30 bits per heavy atom. The first-order chi connectivity index (χ1) is 9.50. The molecule has 5 heteroatoms. The van der Waals surface area contributed by atoms with Crippen LogP contribution in [-0.2, 0) is 0 Å². The summed E-state index contributed by atoms with van der Waals surface area (Å²) in [4.78, 5) is 11.8. The average molecular weight is 280 g/mol. The number of aliphatic hydroxyl groups is 2. The molecular weight excluding hydrogens is 256 g/mol. The van der Waals surface area contributed by atoms with Crippen LogP contribution in [0.1, 0.15) is 22.8 Å². The Kier molecular flexibility index (Phi) is 6.64. The van der Waals surface area contributed by atoms with Gasteiger partial charge in [0.1, 0.15) is 0 Å². The zero-order valence-corrected chi connectivity index (χ0v) is 12.1. The van der Waals surface area contributed by atoms with E-state index in [1.54, 1.807) is 19.1 Å². The van der Waals surface area contributed by atoms with Crippen LogP contribution in [0.4, 0.5) is 0 Å². The second-order valence-corrected chi connectivity index (χ2v) is 5.43. The van der Waals surface area contributed by atoms with Crippen LogP contribution in [0, 0.1) is 12.3 Å². The fourth-order valence-electron chi connectivity index (χ4n) is 1.62. The fraction of sp³-hybridized carbons (Fsp3) is 0.533. The minimum Gasteiger partial charge on any atom is -0.396 e. The Morgan fingerprint density at radius 2 is 1.75 bits per heavy atom. The molecule has 0 radical (unpaired) electrons. The van der Waals surface area contributed by atoms with Crippen molar-refractivity contribution in [2.75, 3.05) is 32.8 Å². The summed E-state index contributed by atoms with van der Waals surface area (Å²) in [5, 5.41) is 24.2. The largest absolute Gasteiger partial charge is 0.396 e. The van der Waals surface area contributed by atoms with Gasteiger partial charge in [0.2, 0.25) is 0 Å². The van der Waals surface area contributed by atoms with E-state index in [-0.39, 0.29) is 19.1 Å². The number of rotatable bonds is 8. The second-order valence-electron chi connectivity index (χ2n) is 5.43. The van der Waals surface area contributed by atoms with Crippen LogP contribution in [0.25, 0.3) is 0 Å². The van der Waals surface area contributed by atoms with E-state index in [0.29, 0.717) is 25.2 Å². The van der Waals surface area contributed by atoms with E-state index in [4.69, 9.17) is 10.2 Å². The molecule has 1 amide bonds. The van der Waals surface area contributed by atoms with Gasteiger partial charge in [-0.3, -0.25) is 4.79 Å². The van der Waals surface area contributed by atoms with Gasteiger partial charge < -0.3 is 20.8 Å². The van der Waals surface area contributed by atoms with Crippen LogP contribution < -0.4 is 10.6 Å². The maximum Gasteiger partial charge on any atom is 0.251 e. The van der Waals surface area contributed by atoms with Crippen molar-refractivity contribution in [1.29, 1.82) is 0 Å². The van der Waals surface area contributed by atoms with E-state index in [9.17, 15) is 4.79 Å². The molecule has 0 atom stereocenters. The Labute approximate surface area is 120 Å². The van der Waals surface area contributed by atoms with Crippen LogP contribution in [-0.4, -0.2) is 49.0 Å². The summed E-state index contributed by atoms with van der Waals surface area (Å²) in [6.45, 7) is 5.21. The Morgan fingerprint density at radius 1 is 1.15 bits per heavy atom. The third-order valence-corrected chi connectivity index (χ3v) is 3.22. The Balaban J connectivity index is 2.24. The monoisotopic (exact) mass is 280 g/mol. The summed E-state index contributed by atoms with van der Waals surface area (Å²) in [7, 11) is 0. The fourth-order valence-corrected chi connectivity index (χ4v) is 1.62. The molecule has 0 aliphatic heterocycles. The number of aryl methyl sites for hydroxylation is 1. The number of nitrogens with one attached hydrogen (secondary N) is 2. The molecule has 4 N–H and O–H groups in total. The van der Waals surface area contributed by atoms with E-state index in [0.717, 1.165) is 5.56 Å². The van der Waals surface area contributed by atoms with Gasteiger partial charge in [-0.1, -0.05) is 24.6 Å². The normalized spacial score (nSPS) is 11.4. The number of aliphatic hydroxyl groups excluding tert-OH is 2. The lowest BCUT2D eigenvalue weighted by atomic mass is 9.93. The van der Waals surface area contributed by atoms with Crippen LogP contribution in [0.15, 0.2) is 24.3 Å². The molecule has 112 valence electrons. The first-order valence-corrected chi connectivity index (χ1v) is 6.78. The zero-order chi connectivity index (χ0) is 15.0. The molecule has 0 heterocycles. The lowest BCUT2D eigenvalue weighted by Crippen LogP contribution is -2.41. The van der Waals surface area contributed by atoms with Gasteiger partial charge in [-0.25, -0.2) is 0 Å². The summed E-state index contributed by atoms with van der Waals surface area (Å²) < 4.78 is 0. The van der Waals surface area contributed by atoms with Gasteiger partial charge in [0.25, 0.3) is 5.91 Å². The molecule has 0 saturated heterocycles. The molecule has 1 rings (SSSR count). The summed E-state index contributed by atoms with van der Waals surface area (Å²) in [6, 6.07) is 7.40. The number of hydrogen-bond donors (Lipinski definition) is 4. The van der Waals surface area contributed by atoms with Crippen molar-refractivity contribution in [2.24, 2.45) is 5.41 Å². The standard InChI is InChI=1S/C15H24N2O3/c1-12-3-5-13(6-4-12)14(20)17-8-7-16-9-15(2,10-18)11-19/h3-6,16,18-19H,7-11H2,1-2H3,(H,17,20). The van der Waals surface area contributed by atoms with Crippen molar-refractivity contribution in [3.63, 3.8) is 0 Å². The summed E-state index contributed by atoms with van der Waals surface area (Å²) >= 11 is 0. The van der Waals surface area contributed by atoms with Gasteiger partial charge in [0.05, 0.1) is 13.2 Å². The molecule has 0 aliphatic rings. The smallest absolute Gasteiger partial charge is 0.251 e. The van der Waals surface area contributed by atoms with Gasteiger partial charge >= 0.3 is 0 Å². The van der Waals surface area contributed by atoms with Crippen molar-refractivity contribution < 1.29 is 15.0 Å². The molecule has 20 heavy (non-hydrogen) atoms. The number of hydrogen-bond acceptors (Lipinski definition) is 4. The van der Waals surface area contributed by atoms with Crippen LogP contribution in [0.2, 0.25) is 0 Å². The number of carbonyl (C=O) groups is 1. The minimum absolute atomic E-state index is 0.0772. The highest BCUT2D eigenvalue weighted by molar-refractivity contribution is 5.94. The van der Waals surface area contributed by atoms with Crippen molar-refractivity contribution in [2.45, 2.75) is 13.8 Å². The van der Waals surface area contributed by atoms with Gasteiger partial charge in [-0.2, -0.15) is 0 Å². The molecule has 1 aromatic carbocycles. The molecule has 0 unspecified atom stereocenters. The highest BCUT2D eigenvalue weighted by Crippen LogP contribution is 2.11. The predicted molar refractivity (Wildman–Crippen MR) is 78.7 cm³/mol. The summed E-state index contributed by atoms with van der Waals surface area (Å²) in [5.41, 5.74) is 1.24. The number of amides is 1. The molecule has 1 aromatic rings. The van der Waals surface area contributed by atoms with Crippen molar-refractivity contribution in [1.82, 2.24) is 10.6 Å². The molecular formula is C15H24N2O3. The van der Waals surface area contributed by atoms with Gasteiger partial charge in [-0.05, 0) is 19.1 Å². The van der Waals surface area contributed by atoms with Crippen molar-refractivity contribution in [3.8, 4) is 0 Å². The Bertz CT molecular complexity index is 414. The number of carbonyl (C=O) groups excluding carboxylic acids is 1. The van der Waals surface area contributed by atoms with Gasteiger partial charge in [0, 0.05) is 30.6 Å². The first kappa shape index (κ1) is 16.6. The van der Waals surface area contributed by atoms with Crippen LogP contribution in [0.5, 0.6) is 0 Å². The molecule has 5 nitrogen and oxygen atoms in total. The van der Waals surface area contributed by atoms with E-state index in [1.165, 1.54) is 0 Å². The van der Waals surface area contributed by atoms with E-state index < -0.39 is 5.41 Å². The maximum atomic E-state index is 11.8. The number of benzene rings is 1. The van der Waals surface area contributed by atoms with Gasteiger partial charge in [0.15, 0.2) is 0 Å². The SMILES string of the molecule is Cc1ccc(C(=O)NCCNCC(C)(CO)CO)cc1. The molecule has 0 spiro atoms. The highest BCUT2D eigenvalue weighted by atomic mass is 16.3.